The topological polar surface area (TPSA) is 12.5 Å². The Kier molecular flexibility index (Phi) is 3.65. The van der Waals surface area contributed by atoms with Crippen LogP contribution in [0.1, 0.15) is 5.56 Å². The van der Waals surface area contributed by atoms with E-state index in [0.717, 1.165) is 31.8 Å². The fourth-order valence-corrected chi connectivity index (χ4v) is 2.31. The van der Waals surface area contributed by atoms with Gasteiger partial charge in [-0.15, -0.1) is 0 Å². The van der Waals surface area contributed by atoms with Crippen molar-refractivity contribution in [3.8, 4) is 5.75 Å². The number of halogens is 2. The Bertz CT molecular complexity index is 582. The molecular formula is C16H15F2NO. The Morgan fingerprint density at radius 2 is 1.75 bits per heavy atom. The maximum atomic E-state index is 13.1. The van der Waals surface area contributed by atoms with Crippen molar-refractivity contribution in [3.63, 3.8) is 0 Å². The Labute approximate surface area is 116 Å². The van der Waals surface area contributed by atoms with E-state index in [9.17, 15) is 8.78 Å². The molecule has 1 heterocycles. The van der Waals surface area contributed by atoms with Gasteiger partial charge in [0.2, 0.25) is 0 Å². The summed E-state index contributed by atoms with van der Waals surface area (Å²) < 4.78 is 31.5. The Balaban J connectivity index is 1.49. The van der Waals surface area contributed by atoms with Gasteiger partial charge in [-0.05, 0) is 17.7 Å². The highest BCUT2D eigenvalue weighted by Gasteiger charge is 2.28. The second-order valence-electron chi connectivity index (χ2n) is 5.00. The minimum Gasteiger partial charge on any atom is -0.488 e. The van der Waals surface area contributed by atoms with Crippen LogP contribution in [0.2, 0.25) is 0 Å². The largest absolute Gasteiger partial charge is 0.488 e. The van der Waals surface area contributed by atoms with Gasteiger partial charge in [-0.1, -0.05) is 30.3 Å². The molecule has 1 aliphatic heterocycles. The van der Waals surface area contributed by atoms with E-state index >= 15 is 0 Å². The first-order valence-corrected chi connectivity index (χ1v) is 6.59. The summed E-state index contributed by atoms with van der Waals surface area (Å²) in [6.07, 6.45) is 0.0450. The van der Waals surface area contributed by atoms with Crippen molar-refractivity contribution in [2.75, 3.05) is 13.1 Å². The van der Waals surface area contributed by atoms with Gasteiger partial charge in [-0.2, -0.15) is 0 Å². The highest BCUT2D eigenvalue weighted by molar-refractivity contribution is 5.24. The third-order valence-electron chi connectivity index (χ3n) is 3.37. The van der Waals surface area contributed by atoms with Gasteiger partial charge >= 0.3 is 0 Å². The lowest BCUT2D eigenvalue weighted by Gasteiger charge is -2.39. The van der Waals surface area contributed by atoms with Crippen LogP contribution >= 0.6 is 0 Å². The van der Waals surface area contributed by atoms with Crippen molar-refractivity contribution in [1.82, 2.24) is 4.90 Å². The molecular weight excluding hydrogens is 260 g/mol. The fourth-order valence-electron chi connectivity index (χ4n) is 2.31. The van der Waals surface area contributed by atoms with Crippen LogP contribution < -0.4 is 4.74 Å². The Morgan fingerprint density at radius 3 is 2.45 bits per heavy atom. The summed E-state index contributed by atoms with van der Waals surface area (Å²) in [5.41, 5.74) is 1.26. The maximum absolute atomic E-state index is 13.1. The van der Waals surface area contributed by atoms with Gasteiger partial charge in [0, 0.05) is 25.7 Å². The fraction of sp³-hybridized carbons (Fsp3) is 0.250. The monoisotopic (exact) mass is 275 g/mol. The van der Waals surface area contributed by atoms with Gasteiger partial charge in [-0.3, -0.25) is 4.90 Å². The van der Waals surface area contributed by atoms with Crippen LogP contribution in [0.3, 0.4) is 0 Å². The summed E-state index contributed by atoms with van der Waals surface area (Å²) in [6, 6.07) is 13.8. The molecule has 0 bridgehead atoms. The second-order valence-corrected chi connectivity index (χ2v) is 5.00. The van der Waals surface area contributed by atoms with Crippen molar-refractivity contribution >= 4 is 0 Å². The number of benzene rings is 2. The normalized spacial score (nSPS) is 15.9. The molecule has 2 aromatic rings. The van der Waals surface area contributed by atoms with E-state index in [0.29, 0.717) is 5.75 Å². The van der Waals surface area contributed by atoms with E-state index < -0.39 is 11.6 Å². The third-order valence-corrected chi connectivity index (χ3v) is 3.37. The Hall–Kier alpha value is -1.94. The summed E-state index contributed by atoms with van der Waals surface area (Å²) in [4.78, 5) is 2.25. The standard InChI is InChI=1S/C16H15F2NO/c17-15-7-6-13(8-16(15)18)20-14-10-19(11-14)9-12-4-2-1-3-5-12/h1-8,14H,9-11H2. The van der Waals surface area contributed by atoms with E-state index in [2.05, 4.69) is 17.0 Å². The van der Waals surface area contributed by atoms with Gasteiger partial charge in [0.05, 0.1) is 0 Å². The summed E-state index contributed by atoms with van der Waals surface area (Å²) in [7, 11) is 0. The van der Waals surface area contributed by atoms with E-state index in [1.54, 1.807) is 0 Å². The molecule has 4 heteroatoms. The average molecular weight is 275 g/mol. The number of nitrogens with zero attached hydrogens (tertiary/aromatic N) is 1. The molecule has 0 radical (unpaired) electrons. The minimum absolute atomic E-state index is 0.0450. The lowest BCUT2D eigenvalue weighted by molar-refractivity contribution is 0.0143. The second kappa shape index (κ2) is 5.59. The molecule has 2 aromatic carbocycles. The third kappa shape index (κ3) is 2.96. The van der Waals surface area contributed by atoms with E-state index in [1.165, 1.54) is 11.6 Å². The zero-order chi connectivity index (χ0) is 13.9. The van der Waals surface area contributed by atoms with Crippen LogP contribution in [-0.2, 0) is 6.54 Å². The molecule has 0 atom stereocenters. The van der Waals surface area contributed by atoms with E-state index in [1.807, 2.05) is 18.2 Å². The molecule has 2 nitrogen and oxygen atoms in total. The SMILES string of the molecule is Fc1ccc(OC2CN(Cc3ccccc3)C2)cc1F. The van der Waals surface area contributed by atoms with Crippen molar-refractivity contribution in [2.45, 2.75) is 12.6 Å². The van der Waals surface area contributed by atoms with Crippen LogP contribution in [0.5, 0.6) is 5.75 Å². The minimum atomic E-state index is -0.872. The quantitative estimate of drug-likeness (QED) is 0.849. The zero-order valence-corrected chi connectivity index (χ0v) is 10.9. The molecule has 1 fully saturated rings. The first-order chi connectivity index (χ1) is 9.70. The number of hydrogen-bond acceptors (Lipinski definition) is 2. The molecule has 1 aliphatic rings. The van der Waals surface area contributed by atoms with Crippen molar-refractivity contribution in [1.29, 1.82) is 0 Å². The van der Waals surface area contributed by atoms with Gasteiger partial charge in [0.1, 0.15) is 11.9 Å². The molecule has 20 heavy (non-hydrogen) atoms. The van der Waals surface area contributed by atoms with Gasteiger partial charge in [0.15, 0.2) is 11.6 Å². The smallest absolute Gasteiger partial charge is 0.162 e. The zero-order valence-electron chi connectivity index (χ0n) is 10.9. The summed E-state index contributed by atoms with van der Waals surface area (Å²) >= 11 is 0. The van der Waals surface area contributed by atoms with Gasteiger partial charge < -0.3 is 4.74 Å². The number of hydrogen-bond donors (Lipinski definition) is 0. The van der Waals surface area contributed by atoms with Crippen LogP contribution in [-0.4, -0.2) is 24.1 Å². The molecule has 0 spiro atoms. The van der Waals surface area contributed by atoms with E-state index in [-0.39, 0.29) is 6.10 Å². The lowest BCUT2D eigenvalue weighted by atomic mass is 10.1. The van der Waals surface area contributed by atoms with Crippen molar-refractivity contribution in [2.24, 2.45) is 0 Å². The van der Waals surface area contributed by atoms with Crippen LogP contribution in [0, 0.1) is 11.6 Å². The van der Waals surface area contributed by atoms with Crippen molar-refractivity contribution in [3.05, 3.63) is 65.7 Å². The molecule has 0 amide bonds. The Morgan fingerprint density at radius 1 is 1.00 bits per heavy atom. The summed E-state index contributed by atoms with van der Waals surface area (Å²) in [5, 5.41) is 0. The highest BCUT2D eigenvalue weighted by Crippen LogP contribution is 2.21. The molecule has 0 aromatic heterocycles. The van der Waals surface area contributed by atoms with Crippen molar-refractivity contribution < 1.29 is 13.5 Å². The lowest BCUT2D eigenvalue weighted by Crippen LogP contribution is -2.53. The van der Waals surface area contributed by atoms with E-state index in [4.69, 9.17) is 4.74 Å². The van der Waals surface area contributed by atoms with Gasteiger partial charge in [-0.25, -0.2) is 8.78 Å². The molecule has 0 unspecified atom stereocenters. The van der Waals surface area contributed by atoms with Gasteiger partial charge in [0.25, 0.3) is 0 Å². The highest BCUT2D eigenvalue weighted by atomic mass is 19.2. The molecule has 0 saturated carbocycles. The predicted octanol–water partition coefficient (Wildman–Crippen LogP) is 3.23. The first kappa shape index (κ1) is 13.1. The maximum Gasteiger partial charge on any atom is 0.162 e. The molecule has 1 saturated heterocycles. The summed E-state index contributed by atoms with van der Waals surface area (Å²) in [5.74, 6) is -1.34. The summed E-state index contributed by atoms with van der Waals surface area (Å²) in [6.45, 7) is 2.49. The molecule has 0 N–H and O–H groups in total. The first-order valence-electron chi connectivity index (χ1n) is 6.59. The van der Waals surface area contributed by atoms with Crippen LogP contribution in [0.15, 0.2) is 48.5 Å². The molecule has 104 valence electrons. The number of rotatable bonds is 4. The molecule has 3 rings (SSSR count). The number of ether oxygens (including phenoxy) is 1. The number of likely N-dealkylation sites (tertiary alicyclic amines) is 1. The average Bonchev–Trinajstić information content (AvgIpc) is 2.41. The molecule has 0 aliphatic carbocycles. The predicted molar refractivity (Wildman–Crippen MR) is 72.5 cm³/mol. The van der Waals surface area contributed by atoms with Crippen LogP contribution in [0.25, 0.3) is 0 Å². The van der Waals surface area contributed by atoms with Crippen LogP contribution in [0.4, 0.5) is 8.78 Å².